The fourth-order valence-electron chi connectivity index (χ4n) is 4.46. The average Bonchev–Trinajstić information content (AvgIpc) is 3.12. The summed E-state index contributed by atoms with van der Waals surface area (Å²) >= 11 is 0. The number of hydrogen-bond donors (Lipinski definition) is 4. The van der Waals surface area contributed by atoms with Crippen LogP contribution in [-0.2, 0) is 6.42 Å². The molecule has 0 aliphatic heterocycles. The van der Waals surface area contributed by atoms with Gasteiger partial charge in [0.1, 0.15) is 28.6 Å². The van der Waals surface area contributed by atoms with E-state index in [1.54, 1.807) is 0 Å². The Morgan fingerprint density at radius 2 is 1.33 bits per heavy atom. The Morgan fingerprint density at radius 1 is 0.788 bits per heavy atom. The molecule has 0 aliphatic rings. The van der Waals surface area contributed by atoms with E-state index in [1.807, 2.05) is 0 Å². The Labute approximate surface area is 195 Å². The van der Waals surface area contributed by atoms with Gasteiger partial charge >= 0.3 is 0 Å². The molecule has 3 aromatic rings. The third-order valence-corrected chi connectivity index (χ3v) is 6.09. The summed E-state index contributed by atoms with van der Waals surface area (Å²) in [5.41, 5.74) is 7.44. The van der Waals surface area contributed by atoms with Crippen LogP contribution in [0.2, 0.25) is 0 Å². The Hall–Kier alpha value is -3.15. The van der Waals surface area contributed by atoms with Crippen molar-refractivity contribution in [1.29, 1.82) is 0 Å². The number of aryl methyl sites for hydroxylation is 1. The van der Waals surface area contributed by atoms with Gasteiger partial charge in [-0.2, -0.15) is 0 Å². The van der Waals surface area contributed by atoms with Crippen molar-refractivity contribution in [2.24, 2.45) is 5.73 Å². The third kappa shape index (κ3) is 6.44. The van der Waals surface area contributed by atoms with Gasteiger partial charge in [0, 0.05) is 28.6 Å². The minimum atomic E-state index is -0.647. The normalized spacial score (nSPS) is 11.3. The molecule has 0 aliphatic carbocycles. The number of phenols is 3. The first-order valence-electron chi connectivity index (χ1n) is 12.0. The van der Waals surface area contributed by atoms with E-state index in [9.17, 15) is 20.1 Å². The molecule has 0 spiro atoms. The highest BCUT2D eigenvalue weighted by Gasteiger charge is 2.22. The van der Waals surface area contributed by atoms with E-state index in [0.29, 0.717) is 28.7 Å². The third-order valence-electron chi connectivity index (χ3n) is 6.09. The van der Waals surface area contributed by atoms with E-state index in [2.05, 4.69) is 6.92 Å². The molecule has 2 aromatic carbocycles. The second-order valence-electron chi connectivity index (χ2n) is 8.81. The van der Waals surface area contributed by atoms with Crippen LogP contribution in [0, 0.1) is 0 Å². The van der Waals surface area contributed by atoms with Gasteiger partial charge in [0.25, 0.3) is 0 Å². The molecule has 1 amide bonds. The molecule has 6 heteroatoms. The van der Waals surface area contributed by atoms with Gasteiger partial charge in [0.2, 0.25) is 5.91 Å². The lowest BCUT2D eigenvalue weighted by Crippen LogP contribution is -2.11. The Balaban J connectivity index is 1.78. The molecule has 3 rings (SSSR count). The Bertz CT molecular complexity index is 1070. The molecule has 6 nitrogen and oxygen atoms in total. The predicted molar refractivity (Wildman–Crippen MR) is 131 cm³/mol. The van der Waals surface area contributed by atoms with Crippen molar-refractivity contribution in [3.8, 4) is 28.6 Å². The number of unbranched alkanes of at least 4 members (excludes halogenated alkanes) is 9. The number of hydrogen-bond acceptors (Lipinski definition) is 5. The number of furan rings is 1. The van der Waals surface area contributed by atoms with E-state index >= 15 is 0 Å². The fourth-order valence-corrected chi connectivity index (χ4v) is 4.46. The van der Waals surface area contributed by atoms with Crippen LogP contribution in [0.3, 0.4) is 0 Å². The SMILES string of the molecule is CCCCCCCCCCCCc1c(-c2cc(O)cc(O)c2)oc2cc(O)cc(C(N)=O)c12. The fraction of sp³-hybridized carbons (Fsp3) is 0.444. The molecule has 1 heterocycles. The van der Waals surface area contributed by atoms with Crippen molar-refractivity contribution in [1.82, 2.24) is 0 Å². The highest BCUT2D eigenvalue weighted by atomic mass is 16.3. The van der Waals surface area contributed by atoms with E-state index in [0.717, 1.165) is 24.8 Å². The van der Waals surface area contributed by atoms with Crippen LogP contribution in [-0.4, -0.2) is 21.2 Å². The zero-order chi connectivity index (χ0) is 23.8. The topological polar surface area (TPSA) is 117 Å². The lowest BCUT2D eigenvalue weighted by atomic mass is 9.96. The maximum absolute atomic E-state index is 12.1. The number of rotatable bonds is 13. The minimum Gasteiger partial charge on any atom is -0.508 e. The Kier molecular flexibility index (Phi) is 8.64. The van der Waals surface area contributed by atoms with Crippen LogP contribution in [0.1, 0.15) is 87.1 Å². The van der Waals surface area contributed by atoms with Crippen molar-refractivity contribution in [3.05, 3.63) is 41.5 Å². The summed E-state index contributed by atoms with van der Waals surface area (Å²) in [6.07, 6.45) is 12.8. The lowest BCUT2D eigenvalue weighted by Gasteiger charge is -2.07. The van der Waals surface area contributed by atoms with Crippen molar-refractivity contribution < 1.29 is 24.5 Å². The van der Waals surface area contributed by atoms with Gasteiger partial charge in [-0.05, 0) is 31.0 Å². The quantitative estimate of drug-likeness (QED) is 0.213. The molecule has 33 heavy (non-hydrogen) atoms. The van der Waals surface area contributed by atoms with Gasteiger partial charge in [-0.25, -0.2) is 0 Å². The Morgan fingerprint density at radius 3 is 1.91 bits per heavy atom. The number of phenolic OH excluding ortho intramolecular Hbond substituents is 3. The monoisotopic (exact) mass is 453 g/mol. The first kappa shape index (κ1) is 24.5. The van der Waals surface area contributed by atoms with Crippen molar-refractivity contribution in [2.45, 2.75) is 77.6 Å². The van der Waals surface area contributed by atoms with Gasteiger partial charge in [0.15, 0.2) is 0 Å². The molecule has 1 aromatic heterocycles. The molecular formula is C27H35NO5. The summed E-state index contributed by atoms with van der Waals surface area (Å²) in [6, 6.07) is 7.06. The molecule has 0 fully saturated rings. The smallest absolute Gasteiger partial charge is 0.249 e. The van der Waals surface area contributed by atoms with Gasteiger partial charge < -0.3 is 25.5 Å². The highest BCUT2D eigenvalue weighted by molar-refractivity contribution is 6.08. The van der Waals surface area contributed by atoms with E-state index in [1.165, 1.54) is 75.3 Å². The summed E-state index contributed by atoms with van der Waals surface area (Å²) in [5, 5.41) is 30.5. The first-order valence-corrected chi connectivity index (χ1v) is 12.0. The molecular weight excluding hydrogens is 418 g/mol. The molecule has 0 bridgehead atoms. The van der Waals surface area contributed by atoms with Crippen molar-refractivity contribution in [2.75, 3.05) is 0 Å². The minimum absolute atomic E-state index is 0.0895. The van der Waals surface area contributed by atoms with Crippen LogP contribution in [0.4, 0.5) is 0 Å². The van der Waals surface area contributed by atoms with Crippen LogP contribution in [0.15, 0.2) is 34.7 Å². The van der Waals surface area contributed by atoms with Gasteiger partial charge in [-0.15, -0.1) is 0 Å². The van der Waals surface area contributed by atoms with Gasteiger partial charge in [-0.3, -0.25) is 4.79 Å². The van der Waals surface area contributed by atoms with Gasteiger partial charge in [-0.1, -0.05) is 64.7 Å². The number of carbonyl (C=O) groups is 1. The number of fused-ring (bicyclic) bond motifs is 1. The zero-order valence-electron chi connectivity index (χ0n) is 19.4. The van der Waals surface area contributed by atoms with Crippen LogP contribution >= 0.6 is 0 Å². The van der Waals surface area contributed by atoms with Gasteiger partial charge in [0.05, 0.1) is 5.56 Å². The molecule has 0 radical (unpaired) electrons. The number of primary amides is 1. The number of amides is 1. The summed E-state index contributed by atoms with van der Waals surface area (Å²) in [7, 11) is 0. The zero-order valence-corrected chi connectivity index (χ0v) is 19.4. The van der Waals surface area contributed by atoms with E-state index < -0.39 is 5.91 Å². The molecule has 0 unspecified atom stereocenters. The molecule has 0 atom stereocenters. The summed E-state index contributed by atoms with van der Waals surface area (Å²) in [4.78, 5) is 12.1. The maximum Gasteiger partial charge on any atom is 0.249 e. The van der Waals surface area contributed by atoms with Crippen LogP contribution in [0.25, 0.3) is 22.3 Å². The highest BCUT2D eigenvalue weighted by Crippen LogP contribution is 2.40. The number of benzene rings is 2. The molecule has 5 N–H and O–H groups in total. The second kappa shape index (κ2) is 11.6. The lowest BCUT2D eigenvalue weighted by molar-refractivity contribution is 0.100. The van der Waals surface area contributed by atoms with Crippen LogP contribution < -0.4 is 5.73 Å². The van der Waals surface area contributed by atoms with Crippen LogP contribution in [0.5, 0.6) is 17.2 Å². The summed E-state index contributed by atoms with van der Waals surface area (Å²) in [5.74, 6) is -0.478. The van der Waals surface area contributed by atoms with E-state index in [4.69, 9.17) is 10.2 Å². The number of aromatic hydroxyl groups is 3. The number of nitrogens with two attached hydrogens (primary N) is 1. The molecule has 0 saturated carbocycles. The predicted octanol–water partition coefficient (Wildman–Crippen LogP) is 6.78. The summed E-state index contributed by atoms with van der Waals surface area (Å²) < 4.78 is 6.02. The van der Waals surface area contributed by atoms with Crippen molar-refractivity contribution >= 4 is 16.9 Å². The molecule has 178 valence electrons. The van der Waals surface area contributed by atoms with E-state index in [-0.39, 0.29) is 22.8 Å². The summed E-state index contributed by atoms with van der Waals surface area (Å²) in [6.45, 7) is 2.23. The number of carbonyl (C=O) groups excluding carboxylic acids is 1. The molecule has 0 saturated heterocycles. The average molecular weight is 454 g/mol. The maximum atomic E-state index is 12.1. The van der Waals surface area contributed by atoms with Crippen molar-refractivity contribution in [3.63, 3.8) is 0 Å². The largest absolute Gasteiger partial charge is 0.508 e. The second-order valence-corrected chi connectivity index (χ2v) is 8.81. The first-order chi connectivity index (χ1) is 15.9. The standard InChI is InChI=1S/C27H35NO5/c1-2-3-4-5-6-7-8-9-10-11-12-22-25-23(27(28)32)16-21(31)17-24(25)33-26(22)18-13-19(29)15-20(30)14-18/h13-17,29-31H,2-12H2,1H3,(H2,28,32).